The summed E-state index contributed by atoms with van der Waals surface area (Å²) in [5, 5.41) is 12.0. The van der Waals surface area contributed by atoms with Gasteiger partial charge in [-0.2, -0.15) is 0 Å². The van der Waals surface area contributed by atoms with Gasteiger partial charge in [0.25, 0.3) is 5.91 Å². The van der Waals surface area contributed by atoms with E-state index in [1.54, 1.807) is 12.1 Å². The number of nitrogens with zero attached hydrogens (tertiary/aromatic N) is 1. The number of aryl methyl sites for hydroxylation is 1. The van der Waals surface area contributed by atoms with Crippen LogP contribution in [0.3, 0.4) is 0 Å². The Bertz CT molecular complexity index is 846. The number of carbonyl (C=O) groups is 2. The topological polar surface area (TPSA) is 78.9 Å². The fraction of sp³-hybridized carbons (Fsp3) is 0.364. The van der Waals surface area contributed by atoms with Crippen molar-refractivity contribution in [2.75, 3.05) is 13.1 Å². The van der Waals surface area contributed by atoms with Crippen molar-refractivity contribution in [3.63, 3.8) is 0 Å². The van der Waals surface area contributed by atoms with E-state index >= 15 is 0 Å². The van der Waals surface area contributed by atoms with Crippen molar-refractivity contribution < 1.29 is 19.4 Å². The van der Waals surface area contributed by atoms with Crippen LogP contribution in [-0.2, 0) is 4.79 Å². The van der Waals surface area contributed by atoms with E-state index in [1.165, 1.54) is 0 Å². The number of carboxylic acid groups (broad SMARTS) is 1. The largest absolute Gasteiger partial charge is 0.480 e. The van der Waals surface area contributed by atoms with Crippen LogP contribution >= 0.6 is 0 Å². The Balaban J connectivity index is 1.61. The van der Waals surface area contributed by atoms with Crippen molar-refractivity contribution in [2.24, 2.45) is 0 Å². The number of para-hydroxylation sites is 1. The summed E-state index contributed by atoms with van der Waals surface area (Å²) in [6.45, 7) is 4.66. The lowest BCUT2D eigenvalue weighted by atomic mass is 9.85. The van der Waals surface area contributed by atoms with Crippen molar-refractivity contribution in [2.45, 2.75) is 38.8 Å². The van der Waals surface area contributed by atoms with E-state index in [0.717, 1.165) is 18.4 Å². The Morgan fingerprint density at radius 2 is 1.93 bits per heavy atom. The molecule has 0 radical (unpaired) electrons. The zero-order chi connectivity index (χ0) is 20.1. The number of hydrogen-bond acceptors (Lipinski definition) is 4. The molecule has 28 heavy (non-hydrogen) atoms. The van der Waals surface area contributed by atoms with Gasteiger partial charge < -0.3 is 15.2 Å². The molecule has 0 heterocycles. The van der Waals surface area contributed by atoms with E-state index in [9.17, 15) is 9.59 Å². The number of likely N-dealkylation sites (N-methyl/N-ethyl adjacent to an activating group) is 1. The maximum absolute atomic E-state index is 12.8. The molecule has 1 fully saturated rings. The highest BCUT2D eigenvalue weighted by Crippen LogP contribution is 2.28. The number of carbonyl (C=O) groups excluding carboxylic acids is 1. The standard InChI is InChI=1S/C22H26N2O4/c1-3-24(14-21(25)26)17-12-16(13-17)23-22(27)19-9-4-5-10-20(19)28-18-8-6-7-15(2)11-18/h4-11,16-17H,3,12-14H2,1-2H3,(H,23,27)(H,25,26). The first-order valence-electron chi connectivity index (χ1n) is 9.56. The third-order valence-corrected chi connectivity index (χ3v) is 5.06. The average molecular weight is 382 g/mol. The van der Waals surface area contributed by atoms with E-state index in [4.69, 9.17) is 9.84 Å². The van der Waals surface area contributed by atoms with E-state index in [-0.39, 0.29) is 24.5 Å². The van der Waals surface area contributed by atoms with Gasteiger partial charge in [0.1, 0.15) is 11.5 Å². The fourth-order valence-corrected chi connectivity index (χ4v) is 3.49. The number of hydrogen-bond donors (Lipinski definition) is 2. The second kappa shape index (κ2) is 8.89. The van der Waals surface area contributed by atoms with Gasteiger partial charge in [-0.25, -0.2) is 0 Å². The number of benzene rings is 2. The van der Waals surface area contributed by atoms with E-state index in [2.05, 4.69) is 5.32 Å². The molecule has 2 aromatic carbocycles. The molecule has 2 N–H and O–H groups in total. The molecule has 0 saturated heterocycles. The molecule has 3 rings (SSSR count). The maximum Gasteiger partial charge on any atom is 0.317 e. The molecule has 2 aromatic rings. The predicted molar refractivity (Wildman–Crippen MR) is 107 cm³/mol. The summed E-state index contributed by atoms with van der Waals surface area (Å²) >= 11 is 0. The van der Waals surface area contributed by atoms with Gasteiger partial charge in [-0.3, -0.25) is 14.5 Å². The van der Waals surface area contributed by atoms with Gasteiger partial charge in [-0.15, -0.1) is 0 Å². The summed E-state index contributed by atoms with van der Waals surface area (Å²) < 4.78 is 5.93. The van der Waals surface area contributed by atoms with Crippen LogP contribution in [0.2, 0.25) is 0 Å². The molecule has 0 spiro atoms. The number of aliphatic carboxylic acids is 1. The highest BCUT2D eigenvalue weighted by molar-refractivity contribution is 5.97. The molecule has 0 aliphatic heterocycles. The third-order valence-electron chi connectivity index (χ3n) is 5.06. The molecule has 6 heteroatoms. The minimum Gasteiger partial charge on any atom is -0.480 e. The molecular formula is C22H26N2O4. The Kier molecular flexibility index (Phi) is 6.31. The van der Waals surface area contributed by atoms with Gasteiger partial charge in [-0.05, 0) is 56.1 Å². The van der Waals surface area contributed by atoms with Crippen molar-refractivity contribution in [1.29, 1.82) is 0 Å². The molecule has 0 unspecified atom stereocenters. The van der Waals surface area contributed by atoms with Crippen LogP contribution in [0.15, 0.2) is 48.5 Å². The highest BCUT2D eigenvalue weighted by Gasteiger charge is 2.35. The molecule has 148 valence electrons. The SMILES string of the molecule is CCN(CC(=O)O)C1CC(NC(=O)c2ccccc2Oc2cccc(C)c2)C1. The lowest BCUT2D eigenvalue weighted by Gasteiger charge is -2.42. The smallest absolute Gasteiger partial charge is 0.317 e. The molecule has 0 aromatic heterocycles. The van der Waals surface area contributed by atoms with Crippen LogP contribution in [0.4, 0.5) is 0 Å². The van der Waals surface area contributed by atoms with Crippen LogP contribution in [0, 0.1) is 6.92 Å². The van der Waals surface area contributed by atoms with Gasteiger partial charge in [0, 0.05) is 12.1 Å². The van der Waals surface area contributed by atoms with Crippen molar-refractivity contribution in [1.82, 2.24) is 10.2 Å². The van der Waals surface area contributed by atoms with Gasteiger partial charge in [-0.1, -0.05) is 31.2 Å². The summed E-state index contributed by atoms with van der Waals surface area (Å²) in [5.74, 6) is 0.211. The monoisotopic (exact) mass is 382 g/mol. The van der Waals surface area contributed by atoms with Crippen molar-refractivity contribution in [3.05, 3.63) is 59.7 Å². The summed E-state index contributed by atoms with van der Waals surface area (Å²) in [4.78, 5) is 25.6. The lowest BCUT2D eigenvalue weighted by molar-refractivity contribution is -0.139. The van der Waals surface area contributed by atoms with Gasteiger partial charge in [0.05, 0.1) is 12.1 Å². The van der Waals surface area contributed by atoms with Gasteiger partial charge in [0.15, 0.2) is 0 Å². The van der Waals surface area contributed by atoms with Crippen LogP contribution in [-0.4, -0.2) is 47.1 Å². The second-order valence-electron chi connectivity index (χ2n) is 7.17. The Morgan fingerprint density at radius 1 is 1.18 bits per heavy atom. The van der Waals surface area contributed by atoms with E-state index in [0.29, 0.717) is 23.6 Å². The number of carboxylic acids is 1. The van der Waals surface area contributed by atoms with Crippen molar-refractivity contribution in [3.8, 4) is 11.5 Å². The van der Waals surface area contributed by atoms with Crippen LogP contribution < -0.4 is 10.1 Å². The van der Waals surface area contributed by atoms with Crippen molar-refractivity contribution >= 4 is 11.9 Å². The summed E-state index contributed by atoms with van der Waals surface area (Å²) in [6.07, 6.45) is 1.52. The molecule has 1 saturated carbocycles. The molecular weight excluding hydrogens is 356 g/mol. The zero-order valence-corrected chi connectivity index (χ0v) is 16.2. The molecule has 6 nitrogen and oxygen atoms in total. The molecule has 1 aliphatic carbocycles. The van der Waals surface area contributed by atoms with Crippen LogP contribution in [0.5, 0.6) is 11.5 Å². The Hall–Kier alpha value is -2.86. The Labute approximate surface area is 165 Å². The quantitative estimate of drug-likeness (QED) is 0.731. The summed E-state index contributed by atoms with van der Waals surface area (Å²) in [5.41, 5.74) is 1.58. The number of rotatable bonds is 8. The van der Waals surface area contributed by atoms with Gasteiger partial charge in [0.2, 0.25) is 0 Å². The van der Waals surface area contributed by atoms with E-state index in [1.807, 2.05) is 55.1 Å². The summed E-state index contributed by atoms with van der Waals surface area (Å²) in [6, 6.07) is 15.1. The maximum atomic E-state index is 12.8. The fourth-order valence-electron chi connectivity index (χ4n) is 3.49. The van der Waals surface area contributed by atoms with Crippen LogP contribution in [0.1, 0.15) is 35.7 Å². The minimum atomic E-state index is -0.823. The number of nitrogens with one attached hydrogen (secondary N) is 1. The van der Waals surface area contributed by atoms with E-state index < -0.39 is 5.97 Å². The average Bonchev–Trinajstić information content (AvgIpc) is 2.63. The molecule has 1 amide bonds. The first-order chi connectivity index (χ1) is 13.5. The predicted octanol–water partition coefficient (Wildman–Crippen LogP) is 3.45. The zero-order valence-electron chi connectivity index (χ0n) is 16.2. The first-order valence-corrected chi connectivity index (χ1v) is 9.56. The van der Waals surface area contributed by atoms with Crippen LogP contribution in [0.25, 0.3) is 0 Å². The second-order valence-corrected chi connectivity index (χ2v) is 7.17. The molecule has 0 bridgehead atoms. The third kappa shape index (κ3) is 4.89. The number of amides is 1. The lowest BCUT2D eigenvalue weighted by Crippen LogP contribution is -2.54. The summed E-state index contributed by atoms with van der Waals surface area (Å²) in [7, 11) is 0. The normalized spacial score (nSPS) is 18.4. The highest BCUT2D eigenvalue weighted by atomic mass is 16.5. The van der Waals surface area contributed by atoms with Gasteiger partial charge >= 0.3 is 5.97 Å². The molecule has 0 atom stereocenters. The molecule has 1 aliphatic rings. The first kappa shape index (κ1) is 19.9. The minimum absolute atomic E-state index is 0.0367. The number of ether oxygens (including phenoxy) is 1. The Morgan fingerprint density at radius 3 is 2.61 bits per heavy atom.